The summed E-state index contributed by atoms with van der Waals surface area (Å²) in [6.07, 6.45) is 1.25. The van der Waals surface area contributed by atoms with Crippen molar-refractivity contribution in [3.8, 4) is 0 Å². The Kier molecular flexibility index (Phi) is 17.3. The molecule has 0 fully saturated rings. The Labute approximate surface area is 95.5 Å². The minimum Gasteiger partial charge on any atom is -0.724 e. The number of hydrogen-bond donors (Lipinski definition) is 0. The molecule has 0 heterocycles. The van der Waals surface area contributed by atoms with Crippen molar-refractivity contribution in [3.05, 3.63) is 19.1 Å². The van der Waals surface area contributed by atoms with Crippen LogP contribution < -0.4 is 0 Å². The Morgan fingerprint density at radius 2 is 2.11 bits per heavy atom. The van der Waals surface area contributed by atoms with Gasteiger partial charge in [0, 0.05) is 53.8 Å². The number of carbonyl (C=O) groups is 1. The van der Waals surface area contributed by atoms with E-state index < -0.39 is 6.04 Å². The fraction of sp³-hybridized carbons (Fsp3) is 0.400. The Morgan fingerprint density at radius 3 is 2.11 bits per heavy atom. The molecule has 1 radical (unpaired) electrons. The number of Topliss-reactive ketones (excluding diaryl/α,β-unsaturated/α-hetero) is 1. The fourth-order valence-electron chi connectivity index (χ4n) is 0.283. The summed E-state index contributed by atoms with van der Waals surface area (Å²) >= 11 is 0. The van der Waals surface area contributed by atoms with Crippen LogP contribution in [0.15, 0.2) is 0 Å². The van der Waals surface area contributed by atoms with E-state index in [-0.39, 0.29) is 59.6 Å². The third-order valence-corrected chi connectivity index (χ3v) is 0.436. The van der Waals surface area contributed by atoms with Crippen molar-refractivity contribution >= 4 is 5.78 Å². The van der Waals surface area contributed by atoms with E-state index in [4.69, 9.17) is 5.73 Å². The van der Waals surface area contributed by atoms with Crippen molar-refractivity contribution in [1.82, 2.24) is 0 Å². The standard InChI is InChI=1S/C5H8NO.W.Y/c1-4(6)3-5(2)7;;/h3-4,6H,1H2,2H3;;/q-3;;. The molecule has 0 aromatic rings. The molecular weight excluding hydrogens is 363 g/mol. The van der Waals surface area contributed by atoms with Gasteiger partial charge in [0.05, 0.1) is 0 Å². The summed E-state index contributed by atoms with van der Waals surface area (Å²) in [5.74, 6) is -0.0880. The van der Waals surface area contributed by atoms with Gasteiger partial charge in [-0.25, -0.2) is 0 Å². The van der Waals surface area contributed by atoms with Crippen LogP contribution in [0.5, 0.6) is 0 Å². The van der Waals surface area contributed by atoms with Crippen molar-refractivity contribution in [2.75, 3.05) is 0 Å². The smallest absolute Gasteiger partial charge is 0 e. The topological polar surface area (TPSA) is 40.9 Å². The van der Waals surface area contributed by atoms with Gasteiger partial charge in [-0.1, -0.05) is 0 Å². The van der Waals surface area contributed by atoms with Crippen molar-refractivity contribution in [2.45, 2.75) is 13.0 Å². The fourth-order valence-corrected chi connectivity index (χ4v) is 0.283. The van der Waals surface area contributed by atoms with Gasteiger partial charge >= 0.3 is 0 Å². The van der Waals surface area contributed by atoms with Crippen molar-refractivity contribution in [1.29, 1.82) is 0 Å². The van der Waals surface area contributed by atoms with Crippen LogP contribution >= 0.6 is 0 Å². The predicted molar refractivity (Wildman–Crippen MR) is 28.4 cm³/mol. The Morgan fingerprint density at radius 1 is 1.78 bits per heavy atom. The van der Waals surface area contributed by atoms with Crippen LogP contribution in [0, 0.1) is 13.3 Å². The van der Waals surface area contributed by atoms with E-state index in [2.05, 4.69) is 6.92 Å². The molecule has 4 heteroatoms. The second-order valence-electron chi connectivity index (χ2n) is 1.38. The Balaban J connectivity index is -0.000000180. The summed E-state index contributed by atoms with van der Waals surface area (Å²) in [6.45, 7) is 4.68. The maximum Gasteiger partial charge on any atom is 0 e. The number of hydrogen-bond acceptors (Lipinski definition) is 1. The van der Waals surface area contributed by atoms with Crippen LogP contribution in [0.4, 0.5) is 0 Å². The molecule has 1 N–H and O–H groups in total. The third-order valence-electron chi connectivity index (χ3n) is 0.436. The molecule has 51 valence electrons. The maximum absolute atomic E-state index is 10.0. The second-order valence-corrected chi connectivity index (χ2v) is 1.38. The summed E-state index contributed by atoms with van der Waals surface area (Å²) < 4.78 is 0. The minimum atomic E-state index is -0.600. The van der Waals surface area contributed by atoms with Gasteiger partial charge in [-0.05, 0) is 12.7 Å². The zero-order chi connectivity index (χ0) is 5.86. The van der Waals surface area contributed by atoms with Crippen LogP contribution in [0.25, 0.3) is 5.73 Å². The van der Waals surface area contributed by atoms with Crippen LogP contribution in [0.3, 0.4) is 0 Å². The molecule has 0 aromatic carbocycles. The summed E-state index contributed by atoms with van der Waals surface area (Å²) in [4.78, 5) is 10.0. The van der Waals surface area contributed by atoms with Crippen molar-refractivity contribution in [3.63, 3.8) is 0 Å². The SMILES string of the molecule is [CH2-]C([NH-])[CH-]C(C)=O.[W].[Y]. The monoisotopic (exact) mass is 371 g/mol. The molecule has 1 atom stereocenters. The molecule has 0 aliphatic heterocycles. The first-order valence-corrected chi connectivity index (χ1v) is 2.02. The first-order valence-electron chi connectivity index (χ1n) is 2.02. The van der Waals surface area contributed by atoms with Gasteiger partial charge in [0.1, 0.15) is 0 Å². The summed E-state index contributed by atoms with van der Waals surface area (Å²) in [7, 11) is 0. The first-order chi connectivity index (χ1) is 3.13. The van der Waals surface area contributed by atoms with Crippen LogP contribution in [0.1, 0.15) is 6.92 Å². The van der Waals surface area contributed by atoms with Crippen LogP contribution in [-0.4, -0.2) is 11.8 Å². The normalized spacial score (nSPS) is 10.1. The van der Waals surface area contributed by atoms with E-state index in [1.165, 1.54) is 13.3 Å². The zero-order valence-electron chi connectivity index (χ0n) is 5.26. The average Bonchev–Trinajstić information content (AvgIpc) is 1.27. The van der Waals surface area contributed by atoms with Gasteiger partial charge in [0.2, 0.25) is 0 Å². The largest absolute Gasteiger partial charge is 0.724 e. The van der Waals surface area contributed by atoms with Gasteiger partial charge in [-0.2, -0.15) is 0 Å². The molecular formula is C5H8NOWY-3. The van der Waals surface area contributed by atoms with E-state index in [1.54, 1.807) is 0 Å². The quantitative estimate of drug-likeness (QED) is 0.669. The maximum atomic E-state index is 10.0. The van der Waals surface area contributed by atoms with Crippen molar-refractivity contribution < 1.29 is 58.6 Å². The number of carbonyl (C=O) groups excluding carboxylic acids is 1. The molecule has 9 heavy (non-hydrogen) atoms. The van der Waals surface area contributed by atoms with E-state index in [1.807, 2.05) is 0 Å². The zero-order valence-corrected chi connectivity index (χ0v) is 11.0. The van der Waals surface area contributed by atoms with Gasteiger partial charge in [-0.3, -0.25) is 0 Å². The molecule has 0 rings (SSSR count). The van der Waals surface area contributed by atoms with Gasteiger partial charge < -0.3 is 29.9 Å². The molecule has 0 saturated carbocycles. The van der Waals surface area contributed by atoms with E-state index >= 15 is 0 Å². The summed E-state index contributed by atoms with van der Waals surface area (Å²) in [5.41, 5.74) is 6.72. The van der Waals surface area contributed by atoms with Gasteiger partial charge in [-0.15, -0.1) is 0 Å². The van der Waals surface area contributed by atoms with Crippen LogP contribution in [-0.2, 0) is 58.6 Å². The number of rotatable bonds is 2. The Bertz CT molecular complexity index is 77.4. The number of ketones is 1. The second kappa shape index (κ2) is 9.29. The molecule has 1 unspecified atom stereocenters. The molecule has 0 aliphatic carbocycles. The molecule has 0 spiro atoms. The predicted octanol–water partition coefficient (Wildman–Crippen LogP) is 1.03. The number of nitrogens with one attached hydrogen (secondary N) is 1. The van der Waals surface area contributed by atoms with E-state index in [0.717, 1.165) is 0 Å². The molecule has 0 aromatic heterocycles. The molecule has 0 saturated heterocycles. The van der Waals surface area contributed by atoms with Gasteiger partial charge in [0.25, 0.3) is 0 Å². The summed E-state index contributed by atoms with van der Waals surface area (Å²) in [6, 6.07) is -0.600. The first kappa shape index (κ1) is 16.7. The average molecular weight is 371 g/mol. The minimum absolute atomic E-state index is 0. The Hall–Kier alpha value is 1.29. The summed E-state index contributed by atoms with van der Waals surface area (Å²) in [5, 5.41) is 0. The molecule has 0 aliphatic rings. The van der Waals surface area contributed by atoms with Gasteiger partial charge in [0.15, 0.2) is 0 Å². The third kappa shape index (κ3) is 17.6. The van der Waals surface area contributed by atoms with Crippen molar-refractivity contribution in [2.24, 2.45) is 0 Å². The van der Waals surface area contributed by atoms with Crippen LogP contribution in [0.2, 0.25) is 0 Å². The molecule has 2 nitrogen and oxygen atoms in total. The van der Waals surface area contributed by atoms with E-state index in [9.17, 15) is 4.79 Å². The molecule has 0 bridgehead atoms. The molecule has 0 amide bonds. The van der Waals surface area contributed by atoms with E-state index in [0.29, 0.717) is 0 Å².